The van der Waals surface area contributed by atoms with E-state index >= 15 is 0 Å². The molecule has 0 bridgehead atoms. The van der Waals surface area contributed by atoms with Crippen LogP contribution in [0, 0.1) is 5.92 Å². The Morgan fingerprint density at radius 1 is 1.67 bits per heavy atom. The predicted molar refractivity (Wildman–Crippen MR) is 40.4 cm³/mol. The standard InChI is InChI=1S/C7H14N2/c1-6(2)7(3)9-5-4-8/h4-6,9H,3,8H2,1-2H3/b5-4-. The summed E-state index contributed by atoms with van der Waals surface area (Å²) in [5.41, 5.74) is 6.08. The fourth-order valence-electron chi connectivity index (χ4n) is 0.322. The Hall–Kier alpha value is -0.920. The van der Waals surface area contributed by atoms with Gasteiger partial charge < -0.3 is 11.1 Å². The summed E-state index contributed by atoms with van der Waals surface area (Å²) in [6.07, 6.45) is 3.12. The zero-order valence-electron chi connectivity index (χ0n) is 6.02. The Morgan fingerprint density at radius 2 is 2.22 bits per heavy atom. The van der Waals surface area contributed by atoms with Gasteiger partial charge in [-0.25, -0.2) is 0 Å². The highest BCUT2D eigenvalue weighted by molar-refractivity contribution is 4.98. The van der Waals surface area contributed by atoms with Crippen LogP contribution in [0.15, 0.2) is 24.7 Å². The first-order chi connectivity index (χ1) is 4.18. The van der Waals surface area contributed by atoms with E-state index in [1.165, 1.54) is 6.20 Å². The molecule has 0 rings (SSSR count). The van der Waals surface area contributed by atoms with Crippen LogP contribution in [-0.4, -0.2) is 0 Å². The maximum atomic E-state index is 5.09. The molecular weight excluding hydrogens is 112 g/mol. The summed E-state index contributed by atoms with van der Waals surface area (Å²) in [6, 6.07) is 0. The molecule has 0 atom stereocenters. The van der Waals surface area contributed by atoms with Crippen molar-refractivity contribution >= 4 is 0 Å². The summed E-state index contributed by atoms with van der Waals surface area (Å²) in [6.45, 7) is 7.91. The highest BCUT2D eigenvalue weighted by Crippen LogP contribution is 2.00. The number of nitrogens with one attached hydrogen (secondary N) is 1. The van der Waals surface area contributed by atoms with Crippen LogP contribution in [0.5, 0.6) is 0 Å². The lowest BCUT2D eigenvalue weighted by Gasteiger charge is -2.07. The van der Waals surface area contributed by atoms with Crippen LogP contribution in [0.2, 0.25) is 0 Å². The van der Waals surface area contributed by atoms with Crippen molar-refractivity contribution in [2.75, 3.05) is 0 Å². The second-order valence-corrected chi connectivity index (χ2v) is 2.18. The van der Waals surface area contributed by atoms with Gasteiger partial charge in [-0.3, -0.25) is 0 Å². The molecule has 9 heavy (non-hydrogen) atoms. The highest BCUT2D eigenvalue weighted by Gasteiger charge is 1.94. The van der Waals surface area contributed by atoms with Crippen LogP contribution in [0.1, 0.15) is 13.8 Å². The van der Waals surface area contributed by atoms with Crippen LogP contribution >= 0.6 is 0 Å². The van der Waals surface area contributed by atoms with Gasteiger partial charge in [-0.15, -0.1) is 0 Å². The van der Waals surface area contributed by atoms with Gasteiger partial charge in [-0.1, -0.05) is 20.4 Å². The molecule has 0 heterocycles. The maximum absolute atomic E-state index is 5.09. The predicted octanol–water partition coefficient (Wildman–Crippen LogP) is 1.18. The molecule has 0 radical (unpaired) electrons. The quantitative estimate of drug-likeness (QED) is 0.595. The molecule has 0 fully saturated rings. The molecule has 3 N–H and O–H groups in total. The Kier molecular flexibility index (Phi) is 3.60. The van der Waals surface area contributed by atoms with Crippen molar-refractivity contribution in [3.8, 4) is 0 Å². The van der Waals surface area contributed by atoms with E-state index in [2.05, 4.69) is 25.7 Å². The first kappa shape index (κ1) is 8.08. The average molecular weight is 126 g/mol. The summed E-state index contributed by atoms with van der Waals surface area (Å²) in [5.74, 6) is 0.459. The van der Waals surface area contributed by atoms with E-state index in [-0.39, 0.29) is 0 Å². The third-order valence-electron chi connectivity index (χ3n) is 1.06. The topological polar surface area (TPSA) is 38.0 Å². The summed E-state index contributed by atoms with van der Waals surface area (Å²) >= 11 is 0. The Bertz CT molecular complexity index is 114. The first-order valence-corrected chi connectivity index (χ1v) is 3.00. The zero-order chi connectivity index (χ0) is 7.28. The molecule has 0 aromatic carbocycles. The molecular formula is C7H14N2. The lowest BCUT2D eigenvalue weighted by atomic mass is 10.2. The Balaban J connectivity index is 3.51. The molecule has 0 aliphatic carbocycles. The number of hydrogen-bond donors (Lipinski definition) is 2. The summed E-state index contributed by atoms with van der Waals surface area (Å²) in [4.78, 5) is 0. The normalized spacial score (nSPS) is 10.6. The molecule has 2 heteroatoms. The average Bonchev–Trinajstić information content (AvgIpc) is 1.82. The highest BCUT2D eigenvalue weighted by atomic mass is 14.9. The van der Waals surface area contributed by atoms with Gasteiger partial charge in [0.2, 0.25) is 0 Å². The molecule has 2 nitrogen and oxygen atoms in total. The van der Waals surface area contributed by atoms with Crippen molar-refractivity contribution in [2.24, 2.45) is 11.7 Å². The number of rotatable bonds is 3. The van der Waals surface area contributed by atoms with Gasteiger partial charge in [-0.05, 0) is 5.92 Å². The summed E-state index contributed by atoms with van der Waals surface area (Å²) < 4.78 is 0. The minimum atomic E-state index is 0.459. The van der Waals surface area contributed by atoms with Crippen molar-refractivity contribution in [1.82, 2.24) is 5.32 Å². The third-order valence-corrected chi connectivity index (χ3v) is 1.06. The van der Waals surface area contributed by atoms with E-state index in [1.54, 1.807) is 6.20 Å². The number of allylic oxidation sites excluding steroid dienone is 1. The molecule has 0 saturated heterocycles. The van der Waals surface area contributed by atoms with Crippen molar-refractivity contribution in [2.45, 2.75) is 13.8 Å². The van der Waals surface area contributed by atoms with Gasteiger partial charge in [-0.2, -0.15) is 0 Å². The van der Waals surface area contributed by atoms with E-state index in [9.17, 15) is 0 Å². The molecule has 0 aliphatic rings. The number of nitrogens with two attached hydrogens (primary N) is 1. The van der Waals surface area contributed by atoms with E-state index in [0.29, 0.717) is 5.92 Å². The van der Waals surface area contributed by atoms with Crippen LogP contribution in [0.3, 0.4) is 0 Å². The summed E-state index contributed by atoms with van der Waals surface area (Å²) in [7, 11) is 0. The second-order valence-electron chi connectivity index (χ2n) is 2.18. The molecule has 0 spiro atoms. The van der Waals surface area contributed by atoms with E-state index in [4.69, 9.17) is 5.73 Å². The molecule has 0 amide bonds. The van der Waals surface area contributed by atoms with Crippen molar-refractivity contribution in [1.29, 1.82) is 0 Å². The van der Waals surface area contributed by atoms with Gasteiger partial charge in [0.25, 0.3) is 0 Å². The monoisotopic (exact) mass is 126 g/mol. The van der Waals surface area contributed by atoms with E-state index in [1.807, 2.05) is 0 Å². The Morgan fingerprint density at radius 3 is 2.56 bits per heavy atom. The van der Waals surface area contributed by atoms with Gasteiger partial charge in [0.1, 0.15) is 0 Å². The molecule has 0 aromatic heterocycles. The third kappa shape index (κ3) is 3.64. The fourth-order valence-corrected chi connectivity index (χ4v) is 0.322. The lowest BCUT2D eigenvalue weighted by Crippen LogP contribution is -2.09. The van der Waals surface area contributed by atoms with Crippen molar-refractivity contribution in [3.05, 3.63) is 24.7 Å². The zero-order valence-corrected chi connectivity index (χ0v) is 6.02. The van der Waals surface area contributed by atoms with Crippen molar-refractivity contribution in [3.63, 3.8) is 0 Å². The van der Waals surface area contributed by atoms with E-state index in [0.717, 1.165) is 5.70 Å². The van der Waals surface area contributed by atoms with Gasteiger partial charge >= 0.3 is 0 Å². The van der Waals surface area contributed by atoms with Crippen molar-refractivity contribution < 1.29 is 0 Å². The van der Waals surface area contributed by atoms with Crippen LogP contribution in [-0.2, 0) is 0 Å². The lowest BCUT2D eigenvalue weighted by molar-refractivity contribution is 0.718. The molecule has 0 aliphatic heterocycles. The largest absolute Gasteiger partial charge is 0.403 e. The van der Waals surface area contributed by atoms with Crippen LogP contribution in [0.4, 0.5) is 0 Å². The second kappa shape index (κ2) is 4.01. The molecule has 52 valence electrons. The molecule has 0 aromatic rings. The smallest absolute Gasteiger partial charge is 0.0163 e. The summed E-state index contributed by atoms with van der Waals surface area (Å²) in [5, 5.41) is 2.93. The van der Waals surface area contributed by atoms with Gasteiger partial charge in [0.05, 0.1) is 0 Å². The minimum absolute atomic E-state index is 0.459. The van der Waals surface area contributed by atoms with Crippen LogP contribution in [0.25, 0.3) is 0 Å². The van der Waals surface area contributed by atoms with Crippen LogP contribution < -0.4 is 11.1 Å². The fraction of sp³-hybridized carbons (Fsp3) is 0.429. The van der Waals surface area contributed by atoms with Gasteiger partial charge in [0.15, 0.2) is 0 Å². The first-order valence-electron chi connectivity index (χ1n) is 3.00. The molecule has 0 saturated carbocycles. The minimum Gasteiger partial charge on any atom is -0.403 e. The Labute approximate surface area is 56.4 Å². The SMILES string of the molecule is C=C(N/C=C\N)C(C)C. The molecule has 0 unspecified atom stereocenters. The van der Waals surface area contributed by atoms with Gasteiger partial charge in [0, 0.05) is 18.1 Å². The number of hydrogen-bond acceptors (Lipinski definition) is 2. The maximum Gasteiger partial charge on any atom is 0.0163 e. The van der Waals surface area contributed by atoms with E-state index < -0.39 is 0 Å².